The topological polar surface area (TPSA) is 104 Å². The smallest absolute Gasteiger partial charge is 0.387 e. The zero-order valence-electron chi connectivity index (χ0n) is 18.2. The van der Waals surface area contributed by atoms with Crippen molar-refractivity contribution in [3.63, 3.8) is 0 Å². The van der Waals surface area contributed by atoms with Gasteiger partial charge >= 0.3 is 18.6 Å². The van der Waals surface area contributed by atoms with E-state index in [-0.39, 0.29) is 22.8 Å². The van der Waals surface area contributed by atoms with E-state index in [9.17, 15) is 23.2 Å². The van der Waals surface area contributed by atoms with Gasteiger partial charge in [0, 0.05) is 11.8 Å². The molecule has 1 heterocycles. The zero-order valence-corrected chi connectivity index (χ0v) is 18.2. The Hall–Kier alpha value is -3.69. The van der Waals surface area contributed by atoms with Gasteiger partial charge in [0.05, 0.1) is 25.5 Å². The number of H-pyrrole nitrogens is 1. The number of ketones is 1. The maximum atomic E-state index is 12.7. The van der Waals surface area contributed by atoms with Crippen LogP contribution >= 0.6 is 0 Å². The summed E-state index contributed by atoms with van der Waals surface area (Å²) in [7, 11) is 2.53. The van der Waals surface area contributed by atoms with Crippen LogP contribution in [0.3, 0.4) is 0 Å². The molecule has 1 atom stereocenters. The molecule has 0 fully saturated rings. The van der Waals surface area contributed by atoms with E-state index >= 15 is 0 Å². The van der Waals surface area contributed by atoms with Gasteiger partial charge in [0.2, 0.25) is 5.78 Å². The quantitative estimate of drug-likeness (QED) is 0.351. The molecule has 10 heteroatoms. The summed E-state index contributed by atoms with van der Waals surface area (Å²) in [6.45, 7) is 1.62. The van der Waals surface area contributed by atoms with Gasteiger partial charge in [-0.2, -0.15) is 8.78 Å². The lowest BCUT2D eigenvalue weighted by atomic mass is 10.1. The molecule has 2 aromatic rings. The van der Waals surface area contributed by atoms with Crippen molar-refractivity contribution in [3.8, 4) is 11.5 Å². The lowest BCUT2D eigenvalue weighted by Crippen LogP contribution is -2.24. The second-order valence-electron chi connectivity index (χ2n) is 6.68. The first-order chi connectivity index (χ1) is 15.1. The molecule has 0 amide bonds. The molecule has 1 unspecified atom stereocenters. The summed E-state index contributed by atoms with van der Waals surface area (Å²) in [5.41, 5.74) is 1.72. The minimum absolute atomic E-state index is 0.0587. The standard InChI is InChI=1S/C22H23F2NO7/c1-11-18(21(28)30-5)12(2)25-19(11)20(27)13(3)31-17(26)9-7-14-6-8-15(32-22(23)24)16(10-14)29-4/h6-10,13,22,25H,1-5H3. The number of benzene rings is 1. The highest BCUT2D eigenvalue weighted by Crippen LogP contribution is 2.30. The number of aromatic amines is 1. The lowest BCUT2D eigenvalue weighted by Gasteiger charge is -2.11. The fourth-order valence-corrected chi connectivity index (χ4v) is 3.02. The predicted molar refractivity (Wildman–Crippen MR) is 110 cm³/mol. The summed E-state index contributed by atoms with van der Waals surface area (Å²) in [4.78, 5) is 39.5. The van der Waals surface area contributed by atoms with Crippen LogP contribution in [-0.2, 0) is 14.3 Å². The number of rotatable bonds is 9. The molecule has 2 rings (SSSR count). The van der Waals surface area contributed by atoms with E-state index < -0.39 is 30.4 Å². The molecule has 0 bridgehead atoms. The van der Waals surface area contributed by atoms with Gasteiger partial charge < -0.3 is 23.9 Å². The number of nitrogens with one attached hydrogen (secondary N) is 1. The minimum atomic E-state index is -3.00. The van der Waals surface area contributed by atoms with Crippen molar-refractivity contribution in [2.24, 2.45) is 0 Å². The van der Waals surface area contributed by atoms with Crippen LogP contribution in [0.15, 0.2) is 24.3 Å². The third-order valence-corrected chi connectivity index (χ3v) is 4.55. The Bertz CT molecular complexity index is 1040. The third kappa shape index (κ3) is 5.71. The van der Waals surface area contributed by atoms with Crippen LogP contribution in [0.1, 0.15) is 44.6 Å². The number of aryl methyl sites for hydroxylation is 1. The van der Waals surface area contributed by atoms with E-state index in [0.29, 0.717) is 16.8 Å². The highest BCUT2D eigenvalue weighted by atomic mass is 19.3. The number of esters is 2. The van der Waals surface area contributed by atoms with Crippen LogP contribution in [0.2, 0.25) is 0 Å². The van der Waals surface area contributed by atoms with Crippen LogP contribution in [0.25, 0.3) is 6.08 Å². The molecule has 0 spiro atoms. The molecule has 0 aliphatic rings. The Morgan fingerprint density at radius 1 is 1.09 bits per heavy atom. The Morgan fingerprint density at radius 2 is 1.78 bits per heavy atom. The first-order valence-electron chi connectivity index (χ1n) is 9.42. The van der Waals surface area contributed by atoms with Crippen molar-refractivity contribution in [1.29, 1.82) is 0 Å². The monoisotopic (exact) mass is 451 g/mol. The van der Waals surface area contributed by atoms with Gasteiger partial charge in [-0.15, -0.1) is 0 Å². The van der Waals surface area contributed by atoms with Gasteiger partial charge in [0.25, 0.3) is 0 Å². The van der Waals surface area contributed by atoms with Crippen molar-refractivity contribution >= 4 is 23.8 Å². The molecule has 172 valence electrons. The van der Waals surface area contributed by atoms with E-state index in [1.54, 1.807) is 13.8 Å². The average Bonchev–Trinajstić information content (AvgIpc) is 3.05. The minimum Gasteiger partial charge on any atom is -0.493 e. The number of aromatic nitrogens is 1. The second-order valence-corrected chi connectivity index (χ2v) is 6.68. The molecule has 32 heavy (non-hydrogen) atoms. The molecule has 0 aliphatic heterocycles. The summed E-state index contributed by atoms with van der Waals surface area (Å²) < 4.78 is 44.0. The molecular formula is C22H23F2NO7. The number of carbonyl (C=O) groups excluding carboxylic acids is 3. The van der Waals surface area contributed by atoms with Crippen LogP contribution in [0, 0.1) is 13.8 Å². The molecule has 1 aromatic heterocycles. The van der Waals surface area contributed by atoms with E-state index in [0.717, 1.165) is 6.08 Å². The number of ether oxygens (including phenoxy) is 4. The van der Waals surface area contributed by atoms with Crippen LogP contribution < -0.4 is 9.47 Å². The van der Waals surface area contributed by atoms with E-state index in [1.165, 1.54) is 45.4 Å². The molecule has 0 radical (unpaired) electrons. The summed E-state index contributed by atoms with van der Waals surface area (Å²) in [6, 6.07) is 4.12. The predicted octanol–water partition coefficient (Wildman–Crippen LogP) is 3.86. The summed E-state index contributed by atoms with van der Waals surface area (Å²) in [5.74, 6) is -1.99. The number of hydrogen-bond donors (Lipinski definition) is 1. The highest BCUT2D eigenvalue weighted by Gasteiger charge is 2.27. The molecule has 1 N–H and O–H groups in total. The molecule has 8 nitrogen and oxygen atoms in total. The Balaban J connectivity index is 2.09. The summed E-state index contributed by atoms with van der Waals surface area (Å²) in [6.07, 6.45) is 1.32. The van der Waals surface area contributed by atoms with E-state index in [4.69, 9.17) is 14.2 Å². The Labute approximate surface area is 183 Å². The Kier molecular flexibility index (Phi) is 8.11. The van der Waals surface area contributed by atoms with Crippen LogP contribution in [0.4, 0.5) is 8.78 Å². The van der Waals surface area contributed by atoms with Crippen LogP contribution in [0.5, 0.6) is 11.5 Å². The maximum Gasteiger partial charge on any atom is 0.387 e. The Morgan fingerprint density at radius 3 is 2.38 bits per heavy atom. The third-order valence-electron chi connectivity index (χ3n) is 4.55. The van der Waals surface area contributed by atoms with Crippen LogP contribution in [-0.4, -0.2) is 49.6 Å². The van der Waals surface area contributed by atoms with Crippen molar-refractivity contribution in [1.82, 2.24) is 4.98 Å². The van der Waals surface area contributed by atoms with Gasteiger partial charge in [0.1, 0.15) is 0 Å². The summed E-state index contributed by atoms with van der Waals surface area (Å²) >= 11 is 0. The molecule has 1 aromatic carbocycles. The average molecular weight is 451 g/mol. The van der Waals surface area contributed by atoms with Gasteiger partial charge in [0.15, 0.2) is 17.6 Å². The van der Waals surface area contributed by atoms with E-state index in [1.807, 2.05) is 0 Å². The number of Topliss-reactive ketones (excluding diaryl/α,β-unsaturated/α-hetero) is 1. The number of halogens is 2. The summed E-state index contributed by atoms with van der Waals surface area (Å²) in [5, 5.41) is 0. The molecule has 0 aliphatic carbocycles. The highest BCUT2D eigenvalue weighted by molar-refractivity contribution is 6.04. The number of alkyl halides is 2. The van der Waals surface area contributed by atoms with Gasteiger partial charge in [-0.1, -0.05) is 6.07 Å². The maximum absolute atomic E-state index is 12.7. The normalized spacial score (nSPS) is 12.0. The van der Waals surface area contributed by atoms with Gasteiger partial charge in [-0.05, 0) is 50.1 Å². The molecule has 0 saturated heterocycles. The number of hydrogen-bond acceptors (Lipinski definition) is 7. The van der Waals surface area contributed by atoms with Crippen molar-refractivity contribution in [3.05, 3.63) is 52.4 Å². The fourth-order valence-electron chi connectivity index (χ4n) is 3.02. The largest absolute Gasteiger partial charge is 0.493 e. The first-order valence-corrected chi connectivity index (χ1v) is 9.42. The number of carbonyl (C=O) groups is 3. The lowest BCUT2D eigenvalue weighted by molar-refractivity contribution is -0.140. The molecular weight excluding hydrogens is 428 g/mol. The fraction of sp³-hybridized carbons (Fsp3) is 0.318. The van der Waals surface area contributed by atoms with Gasteiger partial charge in [-0.25, -0.2) is 9.59 Å². The van der Waals surface area contributed by atoms with E-state index in [2.05, 4.69) is 9.72 Å². The SMILES string of the molecule is COC(=O)c1c(C)[nH]c(C(=O)C(C)OC(=O)C=Cc2ccc(OC(F)F)c(OC)c2)c1C. The molecule has 0 saturated carbocycles. The second kappa shape index (κ2) is 10.6. The first kappa shape index (κ1) is 24.6. The van der Waals surface area contributed by atoms with Crippen molar-refractivity contribution < 1.29 is 42.1 Å². The van der Waals surface area contributed by atoms with Crippen molar-refractivity contribution in [2.45, 2.75) is 33.5 Å². The number of methoxy groups -OCH3 is 2. The van der Waals surface area contributed by atoms with Gasteiger partial charge in [-0.3, -0.25) is 4.79 Å². The van der Waals surface area contributed by atoms with Crippen molar-refractivity contribution in [2.75, 3.05) is 14.2 Å². The zero-order chi connectivity index (χ0) is 24.0.